The predicted octanol–water partition coefficient (Wildman–Crippen LogP) is 1.81. The smallest absolute Gasteiger partial charge is 0.243 e. The zero-order valence-electron chi connectivity index (χ0n) is 17.6. The van der Waals surface area contributed by atoms with E-state index in [9.17, 15) is 14.7 Å². The van der Waals surface area contributed by atoms with Crippen LogP contribution in [0.1, 0.15) is 23.4 Å². The van der Waals surface area contributed by atoms with Crippen LogP contribution in [-0.4, -0.2) is 50.2 Å². The summed E-state index contributed by atoms with van der Waals surface area (Å²) in [7, 11) is 2.00. The summed E-state index contributed by atoms with van der Waals surface area (Å²) in [5, 5.41) is 16.7. The highest BCUT2D eigenvalue weighted by atomic mass is 16.5. The number of amides is 2. The summed E-state index contributed by atoms with van der Waals surface area (Å²) in [6.07, 6.45) is 1.51. The molecule has 4 rings (SSSR count). The Kier molecular flexibility index (Phi) is 5.90. The molecule has 1 aromatic carbocycles. The Labute approximate surface area is 180 Å². The first-order chi connectivity index (χ1) is 14.9. The Bertz CT molecular complexity index is 1070. The third kappa shape index (κ3) is 4.69. The lowest BCUT2D eigenvalue weighted by molar-refractivity contribution is -0.138. The molecule has 2 aromatic heterocycles. The zero-order chi connectivity index (χ0) is 22.0. The van der Waals surface area contributed by atoms with Crippen LogP contribution in [-0.2, 0) is 29.6 Å². The summed E-state index contributed by atoms with van der Waals surface area (Å²) in [5.41, 5.74) is 3.86. The van der Waals surface area contributed by atoms with E-state index in [4.69, 9.17) is 4.52 Å². The van der Waals surface area contributed by atoms with E-state index in [1.54, 1.807) is 13.0 Å². The molecule has 162 valence electrons. The van der Waals surface area contributed by atoms with Gasteiger partial charge in [0.25, 0.3) is 0 Å². The van der Waals surface area contributed by atoms with Crippen LogP contribution in [0.25, 0.3) is 11.3 Å². The van der Waals surface area contributed by atoms with Crippen LogP contribution in [0.5, 0.6) is 0 Å². The molecule has 0 bridgehead atoms. The average Bonchev–Trinajstić information content (AvgIpc) is 3.46. The fourth-order valence-electron chi connectivity index (χ4n) is 3.95. The number of likely N-dealkylation sites (tertiary alicyclic amines) is 1. The highest BCUT2D eigenvalue weighted by molar-refractivity contribution is 5.89. The molecular formula is C23H26N4O4. The second-order valence-corrected chi connectivity index (χ2v) is 7.98. The van der Waals surface area contributed by atoms with Gasteiger partial charge in [-0.2, -0.15) is 0 Å². The Balaban J connectivity index is 1.36. The number of β-amino-alcohol motifs (C(OH)–C–C–N with tert-alkyl or cyclic N) is 1. The van der Waals surface area contributed by atoms with Gasteiger partial charge in [0.05, 0.1) is 18.2 Å². The molecule has 0 aliphatic carbocycles. The summed E-state index contributed by atoms with van der Waals surface area (Å²) in [6, 6.07) is 13.0. The molecule has 0 radical (unpaired) electrons. The van der Waals surface area contributed by atoms with Gasteiger partial charge in [-0.05, 0) is 30.2 Å². The lowest BCUT2D eigenvalue weighted by atomic mass is 10.1. The van der Waals surface area contributed by atoms with Gasteiger partial charge in [0.2, 0.25) is 11.8 Å². The Morgan fingerprint density at radius 1 is 1.26 bits per heavy atom. The number of benzene rings is 1. The van der Waals surface area contributed by atoms with Crippen LogP contribution in [0.4, 0.5) is 0 Å². The van der Waals surface area contributed by atoms with Crippen LogP contribution >= 0.6 is 0 Å². The molecule has 31 heavy (non-hydrogen) atoms. The molecule has 2 amide bonds. The van der Waals surface area contributed by atoms with E-state index in [2.05, 4.69) is 10.5 Å². The topological polar surface area (TPSA) is 101 Å². The number of aromatic nitrogens is 2. The molecule has 0 unspecified atom stereocenters. The number of nitrogens with zero attached hydrogens (tertiary/aromatic N) is 3. The second kappa shape index (κ2) is 8.77. The van der Waals surface area contributed by atoms with Gasteiger partial charge < -0.3 is 24.4 Å². The number of hydrogen-bond acceptors (Lipinski definition) is 5. The molecule has 2 atom stereocenters. The van der Waals surface area contributed by atoms with E-state index in [0.29, 0.717) is 18.0 Å². The average molecular weight is 422 g/mol. The first-order valence-electron chi connectivity index (χ1n) is 10.3. The number of nitrogens with one attached hydrogen (secondary N) is 1. The van der Waals surface area contributed by atoms with Gasteiger partial charge in [0.15, 0.2) is 0 Å². The number of rotatable bonds is 6. The Morgan fingerprint density at radius 2 is 2.03 bits per heavy atom. The molecule has 1 aliphatic heterocycles. The van der Waals surface area contributed by atoms with Crippen LogP contribution in [0.15, 0.2) is 53.2 Å². The van der Waals surface area contributed by atoms with E-state index in [1.165, 1.54) is 4.90 Å². The van der Waals surface area contributed by atoms with Crippen LogP contribution in [0.2, 0.25) is 0 Å². The summed E-state index contributed by atoms with van der Waals surface area (Å²) in [5.74, 6) is -0.0914. The van der Waals surface area contributed by atoms with Crippen molar-refractivity contribution in [1.82, 2.24) is 19.9 Å². The van der Waals surface area contributed by atoms with Crippen molar-refractivity contribution in [3.8, 4) is 11.3 Å². The fraction of sp³-hybridized carbons (Fsp3) is 0.348. The monoisotopic (exact) mass is 422 g/mol. The molecule has 2 N–H and O–H groups in total. The number of aryl methyl sites for hydroxylation is 2. The number of hydrogen-bond donors (Lipinski definition) is 2. The number of aliphatic hydroxyl groups is 1. The van der Waals surface area contributed by atoms with Gasteiger partial charge >= 0.3 is 0 Å². The van der Waals surface area contributed by atoms with Crippen LogP contribution in [0.3, 0.4) is 0 Å². The van der Waals surface area contributed by atoms with Gasteiger partial charge in [0.1, 0.15) is 11.8 Å². The minimum atomic E-state index is -0.722. The maximum Gasteiger partial charge on any atom is 0.243 e. The van der Waals surface area contributed by atoms with Crippen molar-refractivity contribution in [2.75, 3.05) is 6.54 Å². The molecule has 8 nitrogen and oxygen atoms in total. The molecule has 1 fully saturated rings. The molecule has 0 saturated carbocycles. The Morgan fingerprint density at radius 3 is 2.68 bits per heavy atom. The maximum atomic E-state index is 12.8. The number of aliphatic hydroxyl groups excluding tert-OH is 1. The minimum absolute atomic E-state index is 0.0119. The second-order valence-electron chi connectivity index (χ2n) is 7.98. The summed E-state index contributed by atoms with van der Waals surface area (Å²) in [4.78, 5) is 26.9. The van der Waals surface area contributed by atoms with E-state index < -0.39 is 12.1 Å². The quantitative estimate of drug-likeness (QED) is 0.631. The highest BCUT2D eigenvalue weighted by Crippen LogP contribution is 2.21. The largest absolute Gasteiger partial charge is 0.391 e. The van der Waals surface area contributed by atoms with Crippen molar-refractivity contribution in [2.45, 2.75) is 38.5 Å². The predicted molar refractivity (Wildman–Crippen MR) is 114 cm³/mol. The third-order valence-electron chi connectivity index (χ3n) is 5.56. The lowest BCUT2D eigenvalue weighted by Gasteiger charge is -2.23. The van der Waals surface area contributed by atoms with Gasteiger partial charge in [-0.3, -0.25) is 9.59 Å². The van der Waals surface area contributed by atoms with Crippen molar-refractivity contribution in [3.05, 3.63) is 65.7 Å². The van der Waals surface area contributed by atoms with Crippen molar-refractivity contribution in [2.24, 2.45) is 7.05 Å². The fourth-order valence-corrected chi connectivity index (χ4v) is 3.95. The SMILES string of the molecule is Cc1cc(CC(=O)N2C[C@H](O)C[C@H]2C(=O)NCc2ccc(-c3cccn3C)cc2)on1. The highest BCUT2D eigenvalue weighted by Gasteiger charge is 2.38. The first kappa shape index (κ1) is 20.9. The molecule has 8 heteroatoms. The van der Waals surface area contributed by atoms with Crippen molar-refractivity contribution < 1.29 is 19.2 Å². The zero-order valence-corrected chi connectivity index (χ0v) is 17.6. The standard InChI is InChI=1S/C23H26N4O4/c1-15-10-19(31-25-15)12-22(29)27-14-18(28)11-21(27)23(30)24-13-16-5-7-17(8-6-16)20-4-3-9-26(20)2/h3-10,18,21,28H,11-14H2,1-2H3,(H,24,30)/t18-,21+/m1/s1. The molecule has 1 aliphatic rings. The summed E-state index contributed by atoms with van der Waals surface area (Å²) < 4.78 is 7.15. The first-order valence-corrected chi connectivity index (χ1v) is 10.3. The maximum absolute atomic E-state index is 12.8. The van der Waals surface area contributed by atoms with Crippen LogP contribution < -0.4 is 5.32 Å². The van der Waals surface area contributed by atoms with Crippen molar-refractivity contribution in [1.29, 1.82) is 0 Å². The van der Waals surface area contributed by atoms with Gasteiger partial charge in [-0.1, -0.05) is 29.4 Å². The molecule has 3 aromatic rings. The van der Waals surface area contributed by atoms with Gasteiger partial charge in [-0.15, -0.1) is 0 Å². The normalized spacial score (nSPS) is 18.4. The van der Waals surface area contributed by atoms with Crippen molar-refractivity contribution >= 4 is 11.8 Å². The summed E-state index contributed by atoms with van der Waals surface area (Å²) >= 11 is 0. The van der Waals surface area contributed by atoms with E-state index in [0.717, 1.165) is 16.8 Å². The lowest BCUT2D eigenvalue weighted by Crippen LogP contribution is -2.46. The Hall–Kier alpha value is -3.39. The third-order valence-corrected chi connectivity index (χ3v) is 5.56. The summed E-state index contributed by atoms with van der Waals surface area (Å²) in [6.45, 7) is 2.26. The van der Waals surface area contributed by atoms with Gasteiger partial charge in [0, 0.05) is 44.5 Å². The van der Waals surface area contributed by atoms with E-state index in [1.807, 2.05) is 54.2 Å². The molecule has 0 spiro atoms. The molecule has 1 saturated heterocycles. The number of carbonyl (C=O) groups excluding carboxylic acids is 2. The number of carbonyl (C=O) groups is 2. The molecule has 3 heterocycles. The van der Waals surface area contributed by atoms with Crippen LogP contribution in [0, 0.1) is 6.92 Å². The van der Waals surface area contributed by atoms with Gasteiger partial charge in [-0.25, -0.2) is 0 Å². The van der Waals surface area contributed by atoms with E-state index in [-0.39, 0.29) is 31.2 Å². The van der Waals surface area contributed by atoms with Crippen molar-refractivity contribution in [3.63, 3.8) is 0 Å². The molecular weight excluding hydrogens is 396 g/mol. The van der Waals surface area contributed by atoms with E-state index >= 15 is 0 Å². The minimum Gasteiger partial charge on any atom is -0.391 e.